The average Bonchev–Trinajstić information content (AvgIpc) is 2.53. The lowest BCUT2D eigenvalue weighted by molar-refractivity contribution is 0.422. The Morgan fingerprint density at radius 1 is 1.23 bits per heavy atom. The second-order valence-electron chi connectivity index (χ2n) is 2.52. The smallest absolute Gasteiger partial charge is 0.233 e. The average molecular weight is 259 g/mol. The van der Waals surface area contributed by atoms with Crippen molar-refractivity contribution >= 4 is 27.5 Å². The Morgan fingerprint density at radius 3 is 2.46 bits per heavy atom. The van der Waals surface area contributed by atoms with E-state index in [1.165, 1.54) is 0 Å². The highest BCUT2D eigenvalue weighted by Crippen LogP contribution is 2.28. The number of hydrogen-bond donors (Lipinski definition) is 0. The molecule has 0 spiro atoms. The molecular formula is C9H5BrClNO. The molecule has 2 nitrogen and oxygen atoms in total. The Kier molecular flexibility index (Phi) is 2.38. The first-order valence-electron chi connectivity index (χ1n) is 3.63. The molecule has 2 rings (SSSR count). The van der Waals surface area contributed by atoms with Crippen molar-refractivity contribution in [3.05, 3.63) is 40.2 Å². The maximum Gasteiger partial charge on any atom is 0.233 e. The summed E-state index contributed by atoms with van der Waals surface area (Å²) in [7, 11) is 0. The zero-order chi connectivity index (χ0) is 9.26. The molecule has 2 aromatic rings. The third-order valence-electron chi connectivity index (χ3n) is 1.68. The van der Waals surface area contributed by atoms with Gasteiger partial charge in [0.05, 0.1) is 11.8 Å². The molecule has 1 heterocycles. The Hall–Kier alpha value is -0.800. The Balaban J connectivity index is 2.47. The summed E-state index contributed by atoms with van der Waals surface area (Å²) in [5, 5.41) is 3.92. The van der Waals surface area contributed by atoms with E-state index in [2.05, 4.69) is 21.1 Å². The fraction of sp³-hybridized carbons (Fsp3) is 0. The highest BCUT2D eigenvalue weighted by molar-refractivity contribution is 9.10. The van der Waals surface area contributed by atoms with Gasteiger partial charge in [-0.1, -0.05) is 33.2 Å². The van der Waals surface area contributed by atoms with Crippen LogP contribution in [0.15, 0.2) is 39.5 Å². The van der Waals surface area contributed by atoms with Crippen LogP contribution >= 0.6 is 27.5 Å². The zero-order valence-electron chi connectivity index (χ0n) is 6.50. The largest absolute Gasteiger partial charge is 0.344 e. The molecule has 66 valence electrons. The van der Waals surface area contributed by atoms with Crippen molar-refractivity contribution in [2.45, 2.75) is 0 Å². The van der Waals surface area contributed by atoms with Gasteiger partial charge in [-0.2, -0.15) is 0 Å². The van der Waals surface area contributed by atoms with Gasteiger partial charge in [-0.05, 0) is 29.3 Å². The predicted octanol–water partition coefficient (Wildman–Crippen LogP) is 3.76. The molecule has 1 aromatic carbocycles. The van der Waals surface area contributed by atoms with Crippen molar-refractivity contribution in [2.75, 3.05) is 0 Å². The molecule has 0 amide bonds. The Bertz CT molecular complexity index is 410. The van der Waals surface area contributed by atoms with E-state index in [-0.39, 0.29) is 0 Å². The van der Waals surface area contributed by atoms with Gasteiger partial charge in [-0.3, -0.25) is 0 Å². The molecule has 0 bridgehead atoms. The quantitative estimate of drug-likeness (QED) is 0.778. The molecule has 0 aliphatic heterocycles. The first kappa shape index (κ1) is 8.78. The van der Waals surface area contributed by atoms with Gasteiger partial charge >= 0.3 is 0 Å². The number of aromatic nitrogens is 1. The van der Waals surface area contributed by atoms with Crippen molar-refractivity contribution in [1.82, 2.24) is 5.16 Å². The topological polar surface area (TPSA) is 26.0 Å². The monoisotopic (exact) mass is 257 g/mol. The van der Waals surface area contributed by atoms with Crippen LogP contribution in [0.3, 0.4) is 0 Å². The molecule has 1 aromatic heterocycles. The first-order chi connectivity index (χ1) is 6.27. The predicted molar refractivity (Wildman–Crippen MR) is 54.6 cm³/mol. The lowest BCUT2D eigenvalue weighted by atomic mass is 10.1. The molecule has 0 aliphatic rings. The van der Waals surface area contributed by atoms with Crippen LogP contribution < -0.4 is 0 Å². The molecular weight excluding hydrogens is 253 g/mol. The first-order valence-corrected chi connectivity index (χ1v) is 4.80. The molecule has 0 saturated heterocycles. The van der Waals surface area contributed by atoms with Crippen LogP contribution in [-0.4, -0.2) is 5.16 Å². The van der Waals surface area contributed by atoms with Gasteiger partial charge in [0.2, 0.25) is 5.22 Å². The van der Waals surface area contributed by atoms with Crippen molar-refractivity contribution < 1.29 is 4.52 Å². The number of nitrogens with zero attached hydrogens (tertiary/aromatic N) is 1. The molecule has 0 N–H and O–H groups in total. The van der Waals surface area contributed by atoms with Crippen LogP contribution in [0.2, 0.25) is 5.22 Å². The zero-order valence-corrected chi connectivity index (χ0v) is 8.84. The van der Waals surface area contributed by atoms with Crippen molar-refractivity contribution in [3.63, 3.8) is 0 Å². The summed E-state index contributed by atoms with van der Waals surface area (Å²) in [5.41, 5.74) is 1.81. The Labute approximate surface area is 88.6 Å². The van der Waals surface area contributed by atoms with E-state index in [0.717, 1.165) is 15.6 Å². The van der Waals surface area contributed by atoms with Gasteiger partial charge in [-0.25, -0.2) is 0 Å². The Morgan fingerprint density at radius 2 is 1.92 bits per heavy atom. The summed E-state index contributed by atoms with van der Waals surface area (Å²) >= 11 is 9.13. The molecule has 13 heavy (non-hydrogen) atoms. The second kappa shape index (κ2) is 3.52. The SMILES string of the molecule is Clc1oncc1-c1ccc(Br)cc1. The van der Waals surface area contributed by atoms with Crippen molar-refractivity contribution in [3.8, 4) is 11.1 Å². The number of hydrogen-bond acceptors (Lipinski definition) is 2. The lowest BCUT2D eigenvalue weighted by Gasteiger charge is -1.96. The van der Waals surface area contributed by atoms with E-state index in [1.54, 1.807) is 6.20 Å². The minimum atomic E-state index is 0.322. The molecule has 4 heteroatoms. The highest BCUT2D eigenvalue weighted by atomic mass is 79.9. The third kappa shape index (κ3) is 1.76. The number of rotatable bonds is 1. The van der Waals surface area contributed by atoms with E-state index in [1.807, 2.05) is 24.3 Å². The summed E-state index contributed by atoms with van der Waals surface area (Å²) in [6, 6.07) is 7.78. The van der Waals surface area contributed by atoms with Crippen molar-refractivity contribution in [2.24, 2.45) is 0 Å². The van der Waals surface area contributed by atoms with Crippen molar-refractivity contribution in [1.29, 1.82) is 0 Å². The highest BCUT2D eigenvalue weighted by Gasteiger charge is 2.06. The van der Waals surface area contributed by atoms with Crippen LogP contribution in [0.1, 0.15) is 0 Å². The summed E-state index contributed by atoms with van der Waals surface area (Å²) in [4.78, 5) is 0. The van der Waals surface area contributed by atoms with Crippen LogP contribution in [0, 0.1) is 0 Å². The molecule has 0 fully saturated rings. The lowest BCUT2D eigenvalue weighted by Crippen LogP contribution is -1.73. The van der Waals surface area contributed by atoms with Gasteiger partial charge in [-0.15, -0.1) is 0 Å². The standard InChI is InChI=1S/C9H5BrClNO/c10-7-3-1-6(2-4-7)8-5-12-13-9(8)11/h1-5H. The summed E-state index contributed by atoms with van der Waals surface area (Å²) in [6.45, 7) is 0. The normalized spacial score (nSPS) is 10.3. The summed E-state index contributed by atoms with van der Waals surface area (Å²) in [5.74, 6) is 0. The summed E-state index contributed by atoms with van der Waals surface area (Å²) in [6.07, 6.45) is 1.60. The number of halogens is 2. The van der Waals surface area contributed by atoms with Gasteiger partial charge in [0, 0.05) is 4.47 Å². The maximum absolute atomic E-state index is 5.77. The fourth-order valence-corrected chi connectivity index (χ4v) is 1.50. The van der Waals surface area contributed by atoms with Crippen LogP contribution in [0.4, 0.5) is 0 Å². The van der Waals surface area contributed by atoms with E-state index >= 15 is 0 Å². The third-order valence-corrected chi connectivity index (χ3v) is 2.48. The van der Waals surface area contributed by atoms with E-state index in [4.69, 9.17) is 16.1 Å². The minimum absolute atomic E-state index is 0.322. The molecule has 0 radical (unpaired) electrons. The number of benzene rings is 1. The maximum atomic E-state index is 5.77. The van der Waals surface area contributed by atoms with Crippen LogP contribution in [0.5, 0.6) is 0 Å². The van der Waals surface area contributed by atoms with Crippen LogP contribution in [-0.2, 0) is 0 Å². The van der Waals surface area contributed by atoms with E-state index in [9.17, 15) is 0 Å². The van der Waals surface area contributed by atoms with Gasteiger partial charge < -0.3 is 4.52 Å². The second-order valence-corrected chi connectivity index (χ2v) is 3.78. The van der Waals surface area contributed by atoms with Crippen LogP contribution in [0.25, 0.3) is 11.1 Å². The molecule has 0 atom stereocenters. The van der Waals surface area contributed by atoms with Gasteiger partial charge in [0.1, 0.15) is 0 Å². The van der Waals surface area contributed by atoms with E-state index < -0.39 is 0 Å². The molecule has 0 aliphatic carbocycles. The molecule has 0 saturated carbocycles. The van der Waals surface area contributed by atoms with Gasteiger partial charge in [0.25, 0.3) is 0 Å². The van der Waals surface area contributed by atoms with E-state index in [0.29, 0.717) is 5.22 Å². The minimum Gasteiger partial charge on any atom is -0.344 e. The summed E-state index contributed by atoms with van der Waals surface area (Å²) < 4.78 is 5.78. The van der Waals surface area contributed by atoms with Gasteiger partial charge in [0.15, 0.2) is 0 Å². The molecule has 0 unspecified atom stereocenters. The fourth-order valence-electron chi connectivity index (χ4n) is 1.04.